The Balaban J connectivity index is 2.37. The van der Waals surface area contributed by atoms with Crippen molar-refractivity contribution in [2.24, 2.45) is 5.73 Å². The number of nitrogens with two attached hydrogens (primary N) is 1. The topological polar surface area (TPSA) is 46.2 Å². The van der Waals surface area contributed by atoms with Crippen LogP contribution in [0.25, 0.3) is 0 Å². The van der Waals surface area contributed by atoms with E-state index < -0.39 is 0 Å². The molecule has 0 amide bonds. The lowest BCUT2D eigenvalue weighted by Gasteiger charge is -2.34. The molecule has 0 aromatic heterocycles. The molecule has 1 aromatic carbocycles. The number of benzene rings is 1. The van der Waals surface area contributed by atoms with Gasteiger partial charge in [0.1, 0.15) is 5.75 Å². The molecular weight excluding hydrogens is 210 g/mol. The first-order chi connectivity index (χ1) is 8.01. The molecular formula is C15H23NO. The first kappa shape index (κ1) is 12.4. The summed E-state index contributed by atoms with van der Waals surface area (Å²) in [5.41, 5.74) is 8.57. The van der Waals surface area contributed by atoms with Crippen LogP contribution in [0.3, 0.4) is 0 Å². The second-order valence-corrected chi connectivity index (χ2v) is 5.68. The highest BCUT2D eigenvalue weighted by Gasteiger charge is 2.30. The Hall–Kier alpha value is -1.02. The maximum Gasteiger partial charge on any atom is 0.116 e. The van der Waals surface area contributed by atoms with Gasteiger partial charge in [-0.2, -0.15) is 0 Å². The van der Waals surface area contributed by atoms with Gasteiger partial charge in [0.2, 0.25) is 0 Å². The molecule has 1 aliphatic carbocycles. The predicted molar refractivity (Wildman–Crippen MR) is 71.1 cm³/mol. The lowest BCUT2D eigenvalue weighted by atomic mass is 9.76. The van der Waals surface area contributed by atoms with Crippen LogP contribution in [-0.4, -0.2) is 5.11 Å². The van der Waals surface area contributed by atoms with E-state index in [0.717, 1.165) is 18.4 Å². The van der Waals surface area contributed by atoms with Crippen molar-refractivity contribution in [2.75, 3.05) is 0 Å². The summed E-state index contributed by atoms with van der Waals surface area (Å²) in [6.45, 7) is 4.28. The van der Waals surface area contributed by atoms with Crippen molar-refractivity contribution in [1.82, 2.24) is 0 Å². The first-order valence-electron chi connectivity index (χ1n) is 6.64. The maximum absolute atomic E-state index is 9.83. The predicted octanol–water partition coefficient (Wildman–Crippen LogP) is 3.63. The third-order valence-corrected chi connectivity index (χ3v) is 3.93. The van der Waals surface area contributed by atoms with Crippen molar-refractivity contribution in [3.63, 3.8) is 0 Å². The summed E-state index contributed by atoms with van der Waals surface area (Å²) in [7, 11) is 0. The molecule has 94 valence electrons. The van der Waals surface area contributed by atoms with Crippen LogP contribution >= 0.6 is 0 Å². The van der Waals surface area contributed by atoms with Crippen LogP contribution in [0.4, 0.5) is 0 Å². The van der Waals surface area contributed by atoms with Crippen LogP contribution in [0.15, 0.2) is 18.2 Å². The van der Waals surface area contributed by atoms with E-state index in [1.165, 1.54) is 24.8 Å². The molecule has 2 rings (SSSR count). The van der Waals surface area contributed by atoms with Crippen molar-refractivity contribution in [3.8, 4) is 5.75 Å². The average Bonchev–Trinajstić information content (AvgIpc) is 2.29. The summed E-state index contributed by atoms with van der Waals surface area (Å²) in [6.07, 6.45) is 5.75. The van der Waals surface area contributed by atoms with Crippen molar-refractivity contribution in [1.29, 1.82) is 0 Å². The molecule has 0 aliphatic heterocycles. The molecule has 1 aliphatic rings. The monoisotopic (exact) mass is 233 g/mol. The zero-order valence-corrected chi connectivity index (χ0v) is 10.9. The highest BCUT2D eigenvalue weighted by Crippen LogP contribution is 2.37. The van der Waals surface area contributed by atoms with Crippen molar-refractivity contribution < 1.29 is 5.11 Å². The summed E-state index contributed by atoms with van der Waals surface area (Å²) < 4.78 is 0. The van der Waals surface area contributed by atoms with Gasteiger partial charge in [-0.1, -0.05) is 39.2 Å². The minimum absolute atomic E-state index is 0.222. The van der Waals surface area contributed by atoms with E-state index in [1.54, 1.807) is 0 Å². The van der Waals surface area contributed by atoms with E-state index in [2.05, 4.69) is 19.9 Å². The molecule has 2 heteroatoms. The Bertz CT molecular complexity index is 392. The minimum atomic E-state index is -0.222. The van der Waals surface area contributed by atoms with E-state index in [4.69, 9.17) is 5.73 Å². The molecule has 3 N–H and O–H groups in total. The molecule has 0 bridgehead atoms. The Morgan fingerprint density at radius 2 is 1.76 bits per heavy atom. The SMILES string of the molecule is CC(C)c1cc(O)cc(C2(N)CCCCC2)c1. The summed E-state index contributed by atoms with van der Waals surface area (Å²) in [5.74, 6) is 0.773. The zero-order chi connectivity index (χ0) is 12.5. The molecule has 2 nitrogen and oxygen atoms in total. The van der Waals surface area contributed by atoms with Gasteiger partial charge >= 0.3 is 0 Å². The Labute approximate surface area is 104 Å². The van der Waals surface area contributed by atoms with Gasteiger partial charge in [0, 0.05) is 5.54 Å². The third-order valence-electron chi connectivity index (χ3n) is 3.93. The van der Waals surface area contributed by atoms with E-state index >= 15 is 0 Å². The molecule has 1 fully saturated rings. The van der Waals surface area contributed by atoms with Crippen LogP contribution in [0.5, 0.6) is 5.75 Å². The largest absolute Gasteiger partial charge is 0.508 e. The maximum atomic E-state index is 9.83. The number of phenolic OH excluding ortho intramolecular Hbond substituents is 1. The Morgan fingerprint density at radius 3 is 2.35 bits per heavy atom. The van der Waals surface area contributed by atoms with Crippen LogP contribution in [0.1, 0.15) is 63.0 Å². The van der Waals surface area contributed by atoms with Crippen molar-refractivity contribution in [2.45, 2.75) is 57.4 Å². The number of hydrogen-bond donors (Lipinski definition) is 2. The van der Waals surface area contributed by atoms with E-state index in [1.807, 2.05) is 12.1 Å². The minimum Gasteiger partial charge on any atom is -0.508 e. The Kier molecular flexibility index (Phi) is 3.43. The van der Waals surface area contributed by atoms with Crippen molar-refractivity contribution >= 4 is 0 Å². The van der Waals surface area contributed by atoms with E-state index in [9.17, 15) is 5.11 Å². The van der Waals surface area contributed by atoms with Crippen LogP contribution in [0, 0.1) is 0 Å². The molecule has 1 saturated carbocycles. The summed E-state index contributed by atoms with van der Waals surface area (Å²) in [4.78, 5) is 0. The van der Waals surface area contributed by atoms with Gasteiger partial charge in [-0.3, -0.25) is 0 Å². The number of phenols is 1. The fraction of sp³-hybridized carbons (Fsp3) is 0.600. The lowest BCUT2D eigenvalue weighted by molar-refractivity contribution is 0.301. The second kappa shape index (κ2) is 4.69. The van der Waals surface area contributed by atoms with Crippen LogP contribution < -0.4 is 5.73 Å². The van der Waals surface area contributed by atoms with Gasteiger partial charge in [-0.25, -0.2) is 0 Å². The summed E-state index contributed by atoms with van der Waals surface area (Å²) in [6, 6.07) is 5.87. The molecule has 0 heterocycles. The number of aromatic hydroxyl groups is 1. The van der Waals surface area contributed by atoms with Gasteiger partial charge in [0.15, 0.2) is 0 Å². The average molecular weight is 233 g/mol. The van der Waals surface area contributed by atoms with Gasteiger partial charge in [-0.15, -0.1) is 0 Å². The van der Waals surface area contributed by atoms with Crippen LogP contribution in [-0.2, 0) is 5.54 Å². The first-order valence-corrected chi connectivity index (χ1v) is 6.64. The highest BCUT2D eigenvalue weighted by molar-refractivity contribution is 5.38. The molecule has 0 spiro atoms. The highest BCUT2D eigenvalue weighted by atomic mass is 16.3. The lowest BCUT2D eigenvalue weighted by Crippen LogP contribution is -2.38. The van der Waals surface area contributed by atoms with Gasteiger partial charge in [0.25, 0.3) is 0 Å². The Morgan fingerprint density at radius 1 is 1.12 bits per heavy atom. The van der Waals surface area contributed by atoms with Crippen LogP contribution in [0.2, 0.25) is 0 Å². The van der Waals surface area contributed by atoms with E-state index in [0.29, 0.717) is 11.7 Å². The molecule has 17 heavy (non-hydrogen) atoms. The van der Waals surface area contributed by atoms with Gasteiger partial charge in [-0.05, 0) is 42.0 Å². The fourth-order valence-electron chi connectivity index (χ4n) is 2.73. The standard InChI is InChI=1S/C15H23NO/c1-11(2)12-8-13(10-14(17)9-12)15(16)6-4-3-5-7-15/h8-11,17H,3-7,16H2,1-2H3. The molecule has 1 aromatic rings. The quantitative estimate of drug-likeness (QED) is 0.819. The zero-order valence-electron chi connectivity index (χ0n) is 10.9. The molecule has 0 atom stereocenters. The second-order valence-electron chi connectivity index (χ2n) is 5.68. The summed E-state index contributed by atoms with van der Waals surface area (Å²) in [5, 5.41) is 9.83. The number of hydrogen-bond acceptors (Lipinski definition) is 2. The summed E-state index contributed by atoms with van der Waals surface area (Å²) >= 11 is 0. The third kappa shape index (κ3) is 2.63. The normalized spacial score (nSPS) is 19.5. The van der Waals surface area contributed by atoms with Gasteiger partial charge in [0.05, 0.1) is 0 Å². The molecule has 0 saturated heterocycles. The number of rotatable bonds is 2. The van der Waals surface area contributed by atoms with Crippen molar-refractivity contribution in [3.05, 3.63) is 29.3 Å². The molecule has 0 radical (unpaired) electrons. The van der Waals surface area contributed by atoms with Gasteiger partial charge < -0.3 is 10.8 Å². The fourth-order valence-corrected chi connectivity index (χ4v) is 2.73. The molecule has 0 unspecified atom stereocenters. The smallest absolute Gasteiger partial charge is 0.116 e. The van der Waals surface area contributed by atoms with E-state index in [-0.39, 0.29) is 5.54 Å².